The Morgan fingerprint density at radius 1 is 1.64 bits per heavy atom. The molecule has 4 heteroatoms. The molecule has 0 aliphatic rings. The first kappa shape index (κ1) is 10.9. The molecule has 76 valence electrons. The van der Waals surface area contributed by atoms with Crippen LogP contribution in [0.4, 0.5) is 0 Å². The molecule has 1 rings (SSSR count). The molecule has 0 N–H and O–H groups in total. The third-order valence-electron chi connectivity index (χ3n) is 1.88. The van der Waals surface area contributed by atoms with Crippen molar-refractivity contribution < 1.29 is 12.9 Å². The predicted octanol–water partition coefficient (Wildman–Crippen LogP) is 2.06. The molecule has 14 heavy (non-hydrogen) atoms. The molecular weight excluding hydrogens is 200 g/mol. The normalized spacial score (nSPS) is 12.1. The van der Waals surface area contributed by atoms with Crippen LogP contribution in [0.15, 0.2) is 24.8 Å². The predicted molar refractivity (Wildman–Crippen MR) is 55.5 cm³/mol. The van der Waals surface area contributed by atoms with Crippen molar-refractivity contribution >= 4 is 17.4 Å². The average molecular weight is 211 g/mol. The van der Waals surface area contributed by atoms with Crippen molar-refractivity contribution in [2.45, 2.75) is 13.3 Å². The quantitative estimate of drug-likeness (QED) is 0.716. The SMILES string of the molecule is C=Cc1ccc(OS(=O)[O-])cc1CC. The fraction of sp³-hybridized carbons (Fsp3) is 0.200. The van der Waals surface area contributed by atoms with Gasteiger partial charge in [-0.2, -0.15) is 0 Å². The molecule has 0 amide bonds. The van der Waals surface area contributed by atoms with E-state index in [1.165, 1.54) is 0 Å². The van der Waals surface area contributed by atoms with Gasteiger partial charge in [0.2, 0.25) is 0 Å². The summed E-state index contributed by atoms with van der Waals surface area (Å²) in [6.07, 6.45) is 2.54. The van der Waals surface area contributed by atoms with Crippen LogP contribution in [0.1, 0.15) is 18.1 Å². The molecule has 0 bridgehead atoms. The van der Waals surface area contributed by atoms with Crippen molar-refractivity contribution in [1.29, 1.82) is 0 Å². The van der Waals surface area contributed by atoms with Gasteiger partial charge in [-0.3, -0.25) is 0 Å². The van der Waals surface area contributed by atoms with Crippen molar-refractivity contribution in [3.8, 4) is 5.75 Å². The zero-order valence-corrected chi connectivity index (χ0v) is 8.67. The molecular formula is C10H11O3S-. The van der Waals surface area contributed by atoms with Gasteiger partial charge < -0.3 is 8.74 Å². The summed E-state index contributed by atoms with van der Waals surface area (Å²) >= 11 is -2.51. The van der Waals surface area contributed by atoms with Crippen molar-refractivity contribution in [2.75, 3.05) is 0 Å². The average Bonchev–Trinajstić information content (AvgIpc) is 2.16. The molecule has 0 radical (unpaired) electrons. The zero-order chi connectivity index (χ0) is 10.6. The third-order valence-corrected chi connectivity index (χ3v) is 2.21. The Kier molecular flexibility index (Phi) is 3.85. The summed E-state index contributed by atoms with van der Waals surface area (Å²) in [4.78, 5) is 0. The topological polar surface area (TPSA) is 49.4 Å². The lowest BCUT2D eigenvalue weighted by atomic mass is 10.1. The molecule has 0 aliphatic carbocycles. The molecule has 0 fully saturated rings. The Hall–Kier alpha value is -1.13. The van der Waals surface area contributed by atoms with Gasteiger partial charge in [-0.1, -0.05) is 25.6 Å². The number of hydrogen-bond donors (Lipinski definition) is 0. The van der Waals surface area contributed by atoms with Crippen LogP contribution >= 0.6 is 0 Å². The molecule has 3 nitrogen and oxygen atoms in total. The highest BCUT2D eigenvalue weighted by atomic mass is 32.2. The molecule has 0 aliphatic heterocycles. The Morgan fingerprint density at radius 2 is 2.36 bits per heavy atom. The number of benzene rings is 1. The van der Waals surface area contributed by atoms with E-state index in [2.05, 4.69) is 10.8 Å². The first-order valence-corrected chi connectivity index (χ1v) is 5.20. The maximum atomic E-state index is 10.3. The van der Waals surface area contributed by atoms with E-state index in [0.717, 1.165) is 17.5 Å². The smallest absolute Gasteiger partial charge is 0.139 e. The second-order valence-corrected chi connectivity index (χ2v) is 3.28. The fourth-order valence-corrected chi connectivity index (χ4v) is 1.48. The van der Waals surface area contributed by atoms with Gasteiger partial charge in [0.05, 0.1) is 0 Å². The molecule has 0 saturated heterocycles. The summed E-state index contributed by atoms with van der Waals surface area (Å²) in [6, 6.07) is 5.09. The second kappa shape index (κ2) is 4.93. The van der Waals surface area contributed by atoms with E-state index in [1.54, 1.807) is 24.3 Å². The first-order valence-electron chi connectivity index (χ1n) is 4.20. The summed E-state index contributed by atoms with van der Waals surface area (Å²) in [5.41, 5.74) is 2.01. The summed E-state index contributed by atoms with van der Waals surface area (Å²) in [5.74, 6) is 0.334. The molecule has 1 aromatic carbocycles. The number of aryl methyl sites for hydroxylation is 1. The Morgan fingerprint density at radius 3 is 2.86 bits per heavy atom. The van der Waals surface area contributed by atoms with E-state index >= 15 is 0 Å². The van der Waals surface area contributed by atoms with Gasteiger partial charge in [0.1, 0.15) is 17.1 Å². The minimum Gasteiger partial charge on any atom is -0.740 e. The van der Waals surface area contributed by atoms with Gasteiger partial charge >= 0.3 is 0 Å². The maximum Gasteiger partial charge on any atom is 0.139 e. The first-order chi connectivity index (χ1) is 6.67. The lowest BCUT2D eigenvalue weighted by Crippen LogP contribution is -1.98. The summed E-state index contributed by atoms with van der Waals surface area (Å²) in [6.45, 7) is 5.65. The number of rotatable bonds is 4. The van der Waals surface area contributed by atoms with Crippen LogP contribution < -0.4 is 4.18 Å². The highest BCUT2D eigenvalue weighted by molar-refractivity contribution is 7.74. The van der Waals surface area contributed by atoms with Crippen LogP contribution in [0, 0.1) is 0 Å². The second-order valence-electron chi connectivity index (χ2n) is 2.71. The zero-order valence-electron chi connectivity index (χ0n) is 7.86. The van der Waals surface area contributed by atoms with Crippen LogP contribution in [0.2, 0.25) is 0 Å². The van der Waals surface area contributed by atoms with E-state index < -0.39 is 11.4 Å². The minimum atomic E-state index is -2.51. The lowest BCUT2D eigenvalue weighted by Gasteiger charge is -2.09. The van der Waals surface area contributed by atoms with Crippen LogP contribution in [0.3, 0.4) is 0 Å². The van der Waals surface area contributed by atoms with E-state index in [-0.39, 0.29) is 0 Å². The maximum absolute atomic E-state index is 10.3. The van der Waals surface area contributed by atoms with E-state index in [9.17, 15) is 8.76 Å². The molecule has 0 heterocycles. The molecule has 1 unspecified atom stereocenters. The highest BCUT2D eigenvalue weighted by Crippen LogP contribution is 2.19. The van der Waals surface area contributed by atoms with E-state index in [0.29, 0.717) is 5.75 Å². The van der Waals surface area contributed by atoms with Crippen LogP contribution in [-0.4, -0.2) is 8.76 Å². The van der Waals surface area contributed by atoms with E-state index in [4.69, 9.17) is 0 Å². The Labute approximate surface area is 85.9 Å². The van der Waals surface area contributed by atoms with Gasteiger partial charge in [0, 0.05) is 0 Å². The molecule has 0 aromatic heterocycles. The van der Waals surface area contributed by atoms with Gasteiger partial charge in [0.15, 0.2) is 0 Å². The minimum absolute atomic E-state index is 0.334. The Bertz CT molecular complexity index is 360. The van der Waals surface area contributed by atoms with Crippen molar-refractivity contribution in [3.05, 3.63) is 35.9 Å². The van der Waals surface area contributed by atoms with Gasteiger partial charge in [-0.05, 0) is 29.7 Å². The van der Waals surface area contributed by atoms with Crippen LogP contribution in [0.25, 0.3) is 6.08 Å². The lowest BCUT2D eigenvalue weighted by molar-refractivity contribution is 0.440. The summed E-state index contributed by atoms with van der Waals surface area (Å²) in [5, 5.41) is 0. The molecule has 0 saturated carbocycles. The van der Waals surface area contributed by atoms with Gasteiger partial charge in [0.25, 0.3) is 0 Å². The largest absolute Gasteiger partial charge is 0.740 e. The van der Waals surface area contributed by atoms with Crippen LogP contribution in [-0.2, 0) is 17.8 Å². The summed E-state index contributed by atoms with van der Waals surface area (Å²) < 4.78 is 25.1. The molecule has 0 spiro atoms. The fourth-order valence-electron chi connectivity index (χ4n) is 1.22. The number of hydrogen-bond acceptors (Lipinski definition) is 3. The van der Waals surface area contributed by atoms with Gasteiger partial charge in [-0.25, -0.2) is 4.21 Å². The highest BCUT2D eigenvalue weighted by Gasteiger charge is 2.00. The molecule has 1 atom stereocenters. The standard InChI is InChI=1S/C10H12O3S/c1-3-8-5-6-10(13-14(11)12)7-9(8)4-2/h3,5-7H,1,4H2,2H3,(H,11,12)/p-1. The van der Waals surface area contributed by atoms with Crippen LogP contribution in [0.5, 0.6) is 5.75 Å². The monoisotopic (exact) mass is 211 g/mol. The molecule has 1 aromatic rings. The van der Waals surface area contributed by atoms with Gasteiger partial charge in [-0.15, -0.1) is 0 Å². The summed E-state index contributed by atoms with van der Waals surface area (Å²) in [7, 11) is 0. The van der Waals surface area contributed by atoms with Crippen molar-refractivity contribution in [3.63, 3.8) is 0 Å². The van der Waals surface area contributed by atoms with Crippen molar-refractivity contribution in [2.24, 2.45) is 0 Å². The Balaban J connectivity index is 3.01. The van der Waals surface area contributed by atoms with Crippen molar-refractivity contribution in [1.82, 2.24) is 0 Å². The third kappa shape index (κ3) is 2.68. The van der Waals surface area contributed by atoms with E-state index in [1.807, 2.05) is 6.92 Å².